The van der Waals surface area contributed by atoms with E-state index in [0.29, 0.717) is 0 Å². The molecular formula is C7H7FN2O2. The molecular weight excluding hydrogens is 163 g/mol. The van der Waals surface area contributed by atoms with Crippen molar-refractivity contribution < 1.29 is 13.9 Å². The summed E-state index contributed by atoms with van der Waals surface area (Å²) < 4.78 is 17.1. The minimum absolute atomic E-state index is 0.00757. The molecule has 0 aliphatic rings. The maximum Gasteiger partial charge on any atom is 0.409 e. The van der Waals surface area contributed by atoms with Gasteiger partial charge in [-0.3, -0.25) is 0 Å². The van der Waals surface area contributed by atoms with E-state index in [1.807, 2.05) is 0 Å². The van der Waals surface area contributed by atoms with Crippen LogP contribution >= 0.6 is 0 Å². The zero-order valence-electron chi connectivity index (χ0n) is 6.08. The normalized spacial score (nSPS) is 9.42. The molecule has 1 rings (SSSR count). The van der Waals surface area contributed by atoms with Crippen molar-refractivity contribution in [2.75, 3.05) is 5.73 Å². The molecule has 1 aromatic rings. The van der Waals surface area contributed by atoms with Crippen molar-refractivity contribution in [1.29, 1.82) is 0 Å². The van der Waals surface area contributed by atoms with E-state index in [-0.39, 0.29) is 11.4 Å². The van der Waals surface area contributed by atoms with E-state index < -0.39 is 11.9 Å². The Hall–Kier alpha value is -1.78. The second-order valence-electron chi connectivity index (χ2n) is 2.10. The molecule has 5 heteroatoms. The average molecular weight is 170 g/mol. The Kier molecular flexibility index (Phi) is 2.14. The SMILES string of the molecule is NC(=O)Oc1ccc(N)c(F)c1. The molecule has 0 spiro atoms. The number of rotatable bonds is 1. The van der Waals surface area contributed by atoms with Crippen LogP contribution < -0.4 is 16.2 Å². The van der Waals surface area contributed by atoms with Crippen molar-refractivity contribution in [2.24, 2.45) is 5.73 Å². The average Bonchev–Trinajstić information content (AvgIpc) is 1.96. The predicted octanol–water partition coefficient (Wildman–Crippen LogP) is 0.865. The van der Waals surface area contributed by atoms with Gasteiger partial charge >= 0.3 is 6.09 Å². The van der Waals surface area contributed by atoms with Crippen molar-refractivity contribution in [1.82, 2.24) is 0 Å². The molecule has 0 fully saturated rings. The largest absolute Gasteiger partial charge is 0.410 e. The maximum atomic E-state index is 12.7. The standard InChI is InChI=1S/C7H7FN2O2/c8-5-3-4(12-7(10)11)1-2-6(5)9/h1-3H,9H2,(H2,10,11). The van der Waals surface area contributed by atoms with Crippen LogP contribution in [0.2, 0.25) is 0 Å². The Labute approximate surface area is 67.9 Å². The predicted molar refractivity (Wildman–Crippen MR) is 41.0 cm³/mol. The van der Waals surface area contributed by atoms with Gasteiger partial charge in [-0.2, -0.15) is 0 Å². The summed E-state index contributed by atoms with van der Waals surface area (Å²) in [6, 6.07) is 3.62. The monoisotopic (exact) mass is 170 g/mol. The van der Waals surface area contributed by atoms with Gasteiger partial charge in [0.1, 0.15) is 11.6 Å². The van der Waals surface area contributed by atoms with Crippen LogP contribution in [0, 0.1) is 5.82 Å². The third-order valence-corrected chi connectivity index (χ3v) is 1.19. The number of nitrogens with two attached hydrogens (primary N) is 2. The third-order valence-electron chi connectivity index (χ3n) is 1.19. The molecule has 0 radical (unpaired) electrons. The van der Waals surface area contributed by atoms with Gasteiger partial charge in [0.05, 0.1) is 5.69 Å². The first-order valence-corrected chi connectivity index (χ1v) is 3.12. The van der Waals surface area contributed by atoms with Gasteiger partial charge in [0.15, 0.2) is 0 Å². The van der Waals surface area contributed by atoms with Gasteiger partial charge in [0.25, 0.3) is 0 Å². The summed E-state index contributed by atoms with van der Waals surface area (Å²) in [4.78, 5) is 10.2. The van der Waals surface area contributed by atoms with Crippen LogP contribution in [0.3, 0.4) is 0 Å². The fourth-order valence-electron chi connectivity index (χ4n) is 0.688. The number of benzene rings is 1. The van der Waals surface area contributed by atoms with Crippen molar-refractivity contribution in [3.8, 4) is 5.75 Å². The summed E-state index contributed by atoms with van der Waals surface area (Å²) in [5.74, 6) is -0.608. The van der Waals surface area contributed by atoms with Gasteiger partial charge in [0, 0.05) is 6.07 Å². The summed E-state index contributed by atoms with van der Waals surface area (Å²) >= 11 is 0. The first-order chi connectivity index (χ1) is 5.59. The Morgan fingerprint density at radius 1 is 1.50 bits per heavy atom. The molecule has 0 atom stereocenters. The van der Waals surface area contributed by atoms with Crippen LogP contribution in [0.25, 0.3) is 0 Å². The molecule has 4 N–H and O–H groups in total. The number of hydrogen-bond donors (Lipinski definition) is 2. The second-order valence-corrected chi connectivity index (χ2v) is 2.10. The molecule has 0 saturated carbocycles. The summed E-state index contributed by atoms with van der Waals surface area (Å²) in [5, 5.41) is 0. The lowest BCUT2D eigenvalue weighted by Crippen LogP contribution is -2.16. The fourth-order valence-corrected chi connectivity index (χ4v) is 0.688. The lowest BCUT2D eigenvalue weighted by Gasteiger charge is -2.01. The fraction of sp³-hybridized carbons (Fsp3) is 0. The minimum Gasteiger partial charge on any atom is -0.410 e. The summed E-state index contributed by atoms with van der Waals surface area (Å²) in [7, 11) is 0. The van der Waals surface area contributed by atoms with Crippen molar-refractivity contribution in [2.45, 2.75) is 0 Å². The van der Waals surface area contributed by atoms with E-state index in [2.05, 4.69) is 4.74 Å². The first-order valence-electron chi connectivity index (χ1n) is 3.12. The van der Waals surface area contributed by atoms with Gasteiger partial charge in [-0.25, -0.2) is 9.18 Å². The Bertz CT molecular complexity index is 314. The van der Waals surface area contributed by atoms with E-state index in [9.17, 15) is 9.18 Å². The first kappa shape index (κ1) is 8.32. The van der Waals surface area contributed by atoms with Crippen LogP contribution in [-0.2, 0) is 0 Å². The van der Waals surface area contributed by atoms with Gasteiger partial charge in [-0.1, -0.05) is 0 Å². The van der Waals surface area contributed by atoms with Crippen LogP contribution in [0.15, 0.2) is 18.2 Å². The number of nitrogen functional groups attached to an aromatic ring is 1. The highest BCUT2D eigenvalue weighted by atomic mass is 19.1. The number of anilines is 1. The van der Waals surface area contributed by atoms with Crippen LogP contribution in [0.5, 0.6) is 5.75 Å². The topological polar surface area (TPSA) is 78.3 Å². The van der Waals surface area contributed by atoms with Crippen molar-refractivity contribution in [3.63, 3.8) is 0 Å². The van der Waals surface area contributed by atoms with Crippen molar-refractivity contribution in [3.05, 3.63) is 24.0 Å². The van der Waals surface area contributed by atoms with Crippen molar-refractivity contribution >= 4 is 11.8 Å². The molecule has 64 valence electrons. The smallest absolute Gasteiger partial charge is 0.409 e. The van der Waals surface area contributed by atoms with Gasteiger partial charge in [-0.15, -0.1) is 0 Å². The molecule has 12 heavy (non-hydrogen) atoms. The quantitative estimate of drug-likeness (QED) is 0.613. The highest BCUT2D eigenvalue weighted by Crippen LogP contribution is 2.17. The minimum atomic E-state index is -0.987. The van der Waals surface area contributed by atoms with E-state index in [4.69, 9.17) is 11.5 Å². The second kappa shape index (κ2) is 3.08. The van der Waals surface area contributed by atoms with Gasteiger partial charge in [0.2, 0.25) is 0 Å². The molecule has 0 aliphatic heterocycles. The Morgan fingerprint density at radius 2 is 2.17 bits per heavy atom. The molecule has 0 unspecified atom stereocenters. The number of primary amides is 1. The lowest BCUT2D eigenvalue weighted by atomic mass is 10.3. The Balaban J connectivity index is 2.89. The number of carbonyl (C=O) groups excluding carboxylic acids is 1. The molecule has 0 saturated heterocycles. The Morgan fingerprint density at radius 3 is 2.67 bits per heavy atom. The number of ether oxygens (including phenoxy) is 1. The third kappa shape index (κ3) is 1.85. The molecule has 0 aliphatic carbocycles. The number of hydrogen-bond acceptors (Lipinski definition) is 3. The highest BCUT2D eigenvalue weighted by Gasteiger charge is 2.02. The number of carbonyl (C=O) groups is 1. The molecule has 4 nitrogen and oxygen atoms in total. The maximum absolute atomic E-state index is 12.7. The van der Waals surface area contributed by atoms with E-state index in [0.717, 1.165) is 6.07 Å². The van der Waals surface area contributed by atoms with E-state index in [1.165, 1.54) is 12.1 Å². The zero-order chi connectivity index (χ0) is 9.14. The molecule has 0 aromatic heterocycles. The van der Waals surface area contributed by atoms with Crippen LogP contribution in [-0.4, -0.2) is 6.09 Å². The molecule has 1 aromatic carbocycles. The molecule has 0 bridgehead atoms. The van der Waals surface area contributed by atoms with Crippen LogP contribution in [0.1, 0.15) is 0 Å². The van der Waals surface area contributed by atoms with Gasteiger partial charge < -0.3 is 16.2 Å². The van der Waals surface area contributed by atoms with E-state index in [1.54, 1.807) is 0 Å². The van der Waals surface area contributed by atoms with Crippen LogP contribution in [0.4, 0.5) is 14.9 Å². The van der Waals surface area contributed by atoms with Gasteiger partial charge in [-0.05, 0) is 12.1 Å². The summed E-state index contributed by atoms with van der Waals surface area (Å²) in [6.07, 6.45) is -0.987. The molecule has 0 heterocycles. The summed E-state index contributed by atoms with van der Waals surface area (Å²) in [6.45, 7) is 0. The highest BCUT2D eigenvalue weighted by molar-refractivity contribution is 5.68. The number of halogens is 1. The zero-order valence-corrected chi connectivity index (χ0v) is 6.08. The van der Waals surface area contributed by atoms with E-state index >= 15 is 0 Å². The number of amides is 1. The molecule has 1 amide bonds. The summed E-state index contributed by atoms with van der Waals surface area (Å²) in [5.41, 5.74) is 9.86. The lowest BCUT2D eigenvalue weighted by molar-refractivity contribution is 0.210.